The van der Waals surface area contributed by atoms with Gasteiger partial charge in [0.25, 0.3) is 0 Å². The lowest BCUT2D eigenvalue weighted by Crippen LogP contribution is -2.37. The molecule has 1 aromatic rings. The van der Waals surface area contributed by atoms with E-state index in [-0.39, 0.29) is 6.42 Å². The van der Waals surface area contributed by atoms with Crippen LogP contribution in [-0.4, -0.2) is 23.1 Å². The molecule has 0 aliphatic rings. The number of benzene rings is 1. The normalized spacial score (nSPS) is 11.8. The van der Waals surface area contributed by atoms with E-state index in [1.54, 1.807) is 0 Å². The van der Waals surface area contributed by atoms with Crippen molar-refractivity contribution < 1.29 is 27.9 Å². The first-order valence-corrected chi connectivity index (χ1v) is 5.23. The van der Waals surface area contributed by atoms with Gasteiger partial charge in [-0.15, -0.1) is 0 Å². The Balaban J connectivity index is 2.70. The third kappa shape index (κ3) is 4.49. The van der Waals surface area contributed by atoms with Crippen molar-refractivity contribution >= 4 is 17.7 Å². The number of hydrogen-bond acceptors (Lipinski definition) is 2. The third-order valence-corrected chi connectivity index (χ3v) is 2.10. The van der Waals surface area contributed by atoms with Crippen LogP contribution in [0.25, 0.3) is 0 Å². The molecule has 19 heavy (non-hydrogen) atoms. The minimum atomic E-state index is -1.44. The molecular formula is C11H11F3N2O3. The van der Waals surface area contributed by atoms with E-state index in [1.165, 1.54) is 6.92 Å². The number of urea groups is 1. The second-order valence-corrected chi connectivity index (χ2v) is 3.85. The SMILES string of the molecule is CC(CC(=O)O)NC(=O)Nc1cc(F)cc(F)c1F. The summed E-state index contributed by atoms with van der Waals surface area (Å²) in [4.78, 5) is 21.7. The Morgan fingerprint density at radius 2 is 1.95 bits per heavy atom. The molecule has 0 fully saturated rings. The van der Waals surface area contributed by atoms with Crippen LogP contribution in [0.5, 0.6) is 0 Å². The van der Waals surface area contributed by atoms with Crippen molar-refractivity contribution in [3.05, 3.63) is 29.6 Å². The maximum atomic E-state index is 13.2. The van der Waals surface area contributed by atoms with Gasteiger partial charge in [0.2, 0.25) is 0 Å². The van der Waals surface area contributed by atoms with Gasteiger partial charge in [0.05, 0.1) is 12.1 Å². The van der Waals surface area contributed by atoms with Crippen molar-refractivity contribution in [2.45, 2.75) is 19.4 Å². The van der Waals surface area contributed by atoms with Crippen molar-refractivity contribution in [2.24, 2.45) is 0 Å². The van der Waals surface area contributed by atoms with Gasteiger partial charge in [0.15, 0.2) is 11.6 Å². The molecule has 0 aromatic heterocycles. The molecule has 1 atom stereocenters. The van der Waals surface area contributed by atoms with Crippen molar-refractivity contribution in [1.82, 2.24) is 5.32 Å². The van der Waals surface area contributed by atoms with Gasteiger partial charge in [-0.05, 0) is 6.92 Å². The third-order valence-electron chi connectivity index (χ3n) is 2.10. The minimum Gasteiger partial charge on any atom is -0.481 e. The summed E-state index contributed by atoms with van der Waals surface area (Å²) in [6, 6.07) is -0.734. The lowest BCUT2D eigenvalue weighted by atomic mass is 10.2. The summed E-state index contributed by atoms with van der Waals surface area (Å²) in [5.41, 5.74) is -0.669. The summed E-state index contributed by atoms with van der Waals surface area (Å²) in [6.07, 6.45) is -0.340. The Kier molecular flexibility index (Phi) is 4.74. The van der Waals surface area contributed by atoms with E-state index in [4.69, 9.17) is 5.11 Å². The maximum absolute atomic E-state index is 13.2. The average Bonchev–Trinajstić information content (AvgIpc) is 2.23. The van der Waals surface area contributed by atoms with Gasteiger partial charge in [-0.25, -0.2) is 18.0 Å². The first-order valence-electron chi connectivity index (χ1n) is 5.23. The number of amides is 2. The zero-order valence-electron chi connectivity index (χ0n) is 9.84. The van der Waals surface area contributed by atoms with Crippen molar-refractivity contribution in [3.8, 4) is 0 Å². The van der Waals surface area contributed by atoms with Crippen LogP contribution in [0.1, 0.15) is 13.3 Å². The second-order valence-electron chi connectivity index (χ2n) is 3.85. The Bertz CT molecular complexity index is 508. The maximum Gasteiger partial charge on any atom is 0.319 e. The van der Waals surface area contributed by atoms with E-state index < -0.39 is 41.2 Å². The topological polar surface area (TPSA) is 78.4 Å². The lowest BCUT2D eigenvalue weighted by Gasteiger charge is -2.13. The van der Waals surface area contributed by atoms with Gasteiger partial charge in [0, 0.05) is 18.2 Å². The summed E-state index contributed by atoms with van der Waals surface area (Å²) in [5, 5.41) is 12.6. The van der Waals surface area contributed by atoms with Crippen molar-refractivity contribution in [3.63, 3.8) is 0 Å². The number of carboxylic acid groups (broad SMARTS) is 1. The minimum absolute atomic E-state index is 0.339. The highest BCUT2D eigenvalue weighted by Gasteiger charge is 2.15. The number of anilines is 1. The van der Waals surface area contributed by atoms with Gasteiger partial charge in [-0.2, -0.15) is 0 Å². The molecule has 0 spiro atoms. The van der Waals surface area contributed by atoms with Crippen LogP contribution in [0.4, 0.5) is 23.7 Å². The Morgan fingerprint density at radius 1 is 1.32 bits per heavy atom. The van der Waals surface area contributed by atoms with Crippen molar-refractivity contribution in [1.29, 1.82) is 0 Å². The Morgan fingerprint density at radius 3 is 2.53 bits per heavy atom. The molecule has 0 aliphatic heterocycles. The highest BCUT2D eigenvalue weighted by Crippen LogP contribution is 2.18. The molecule has 5 nitrogen and oxygen atoms in total. The van der Waals surface area contributed by atoms with Gasteiger partial charge in [-0.3, -0.25) is 4.79 Å². The molecule has 1 aromatic carbocycles. The number of aliphatic carboxylic acids is 1. The molecule has 0 radical (unpaired) electrons. The van der Waals surface area contributed by atoms with Gasteiger partial charge in [-0.1, -0.05) is 0 Å². The van der Waals surface area contributed by atoms with E-state index in [9.17, 15) is 22.8 Å². The van der Waals surface area contributed by atoms with E-state index in [0.717, 1.165) is 0 Å². The van der Waals surface area contributed by atoms with Crippen LogP contribution in [0.3, 0.4) is 0 Å². The van der Waals surface area contributed by atoms with Crippen LogP contribution in [-0.2, 0) is 4.79 Å². The molecular weight excluding hydrogens is 265 g/mol. The zero-order chi connectivity index (χ0) is 14.6. The number of rotatable bonds is 4. The molecule has 2 amide bonds. The molecule has 0 heterocycles. The lowest BCUT2D eigenvalue weighted by molar-refractivity contribution is -0.137. The molecule has 0 saturated carbocycles. The molecule has 3 N–H and O–H groups in total. The van der Waals surface area contributed by atoms with Crippen molar-refractivity contribution in [2.75, 3.05) is 5.32 Å². The number of nitrogens with one attached hydrogen (secondary N) is 2. The predicted octanol–water partition coefficient (Wildman–Crippen LogP) is 2.09. The fourth-order valence-corrected chi connectivity index (χ4v) is 1.34. The van der Waals surface area contributed by atoms with Gasteiger partial charge < -0.3 is 15.7 Å². The number of hydrogen-bond donors (Lipinski definition) is 3. The van der Waals surface area contributed by atoms with Crippen LogP contribution in [0, 0.1) is 17.5 Å². The highest BCUT2D eigenvalue weighted by molar-refractivity contribution is 5.89. The van der Waals surface area contributed by atoms with Crippen LogP contribution >= 0.6 is 0 Å². The first-order chi connectivity index (χ1) is 8.79. The summed E-state index contributed by atoms with van der Waals surface area (Å²) in [6.45, 7) is 1.41. The van der Waals surface area contributed by atoms with E-state index in [1.807, 2.05) is 5.32 Å². The molecule has 1 unspecified atom stereocenters. The Labute approximate surface area is 106 Å². The smallest absolute Gasteiger partial charge is 0.319 e. The van der Waals surface area contributed by atoms with Crippen LogP contribution in [0.2, 0.25) is 0 Å². The fourth-order valence-electron chi connectivity index (χ4n) is 1.34. The second kappa shape index (κ2) is 6.07. The Hall–Kier alpha value is -2.25. The predicted molar refractivity (Wildman–Crippen MR) is 60.2 cm³/mol. The largest absolute Gasteiger partial charge is 0.481 e. The zero-order valence-corrected chi connectivity index (χ0v) is 9.84. The number of carboxylic acids is 1. The van der Waals surface area contributed by atoms with Crippen LogP contribution < -0.4 is 10.6 Å². The van der Waals surface area contributed by atoms with Gasteiger partial charge >= 0.3 is 12.0 Å². The highest BCUT2D eigenvalue weighted by atomic mass is 19.2. The summed E-state index contributed by atoms with van der Waals surface area (Å²) >= 11 is 0. The van der Waals surface area contributed by atoms with Gasteiger partial charge in [0.1, 0.15) is 5.82 Å². The van der Waals surface area contributed by atoms with E-state index in [0.29, 0.717) is 12.1 Å². The number of carbonyl (C=O) groups excluding carboxylic acids is 1. The first kappa shape index (κ1) is 14.8. The molecule has 0 aliphatic carbocycles. The molecule has 1 rings (SSSR count). The van der Waals surface area contributed by atoms with Crippen LogP contribution in [0.15, 0.2) is 12.1 Å². The molecule has 104 valence electrons. The quantitative estimate of drug-likeness (QED) is 0.737. The average molecular weight is 276 g/mol. The number of carbonyl (C=O) groups is 2. The molecule has 0 saturated heterocycles. The fraction of sp³-hybridized carbons (Fsp3) is 0.273. The van der Waals surface area contributed by atoms with E-state index in [2.05, 4.69) is 5.32 Å². The van der Waals surface area contributed by atoms with E-state index >= 15 is 0 Å². The molecule has 0 bridgehead atoms. The summed E-state index contributed by atoms with van der Waals surface area (Å²) in [7, 11) is 0. The summed E-state index contributed by atoms with van der Waals surface area (Å²) < 4.78 is 38.9. The monoisotopic (exact) mass is 276 g/mol. The summed E-state index contributed by atoms with van der Waals surface area (Å²) in [5.74, 6) is -5.01. The number of halogens is 3. The standard InChI is InChI=1S/C11H11F3N2O3/c1-5(2-9(17)18)15-11(19)16-8-4-6(12)3-7(13)10(8)14/h3-5H,2H2,1H3,(H,17,18)(H2,15,16,19). The molecule has 8 heteroatoms.